The zero-order valence-electron chi connectivity index (χ0n) is 13.3. The van der Waals surface area contributed by atoms with Crippen LogP contribution in [0.25, 0.3) is 11.0 Å². The zero-order valence-corrected chi connectivity index (χ0v) is 13.3. The van der Waals surface area contributed by atoms with Crippen LogP contribution < -0.4 is 15.8 Å². The van der Waals surface area contributed by atoms with Gasteiger partial charge in [0.1, 0.15) is 5.75 Å². The number of carbonyl (C=O) groups is 1. The van der Waals surface area contributed by atoms with Crippen molar-refractivity contribution in [1.82, 2.24) is 14.6 Å². The van der Waals surface area contributed by atoms with E-state index < -0.39 is 0 Å². The third-order valence-corrected chi connectivity index (χ3v) is 3.80. The molecule has 2 aromatic carbocycles. The predicted molar refractivity (Wildman–Crippen MR) is 87.9 cm³/mol. The number of aryl methyl sites for hydroxylation is 2. The maximum absolute atomic E-state index is 12.1. The summed E-state index contributed by atoms with van der Waals surface area (Å²) < 4.78 is 9.08. The molecule has 6 nitrogen and oxygen atoms in total. The number of nitrogens with one attached hydrogen (secondary N) is 1. The van der Waals surface area contributed by atoms with E-state index in [1.165, 1.54) is 0 Å². The number of ether oxygens (including phenoxy) is 1. The molecule has 0 aliphatic heterocycles. The van der Waals surface area contributed by atoms with Crippen molar-refractivity contribution in [3.8, 4) is 5.75 Å². The SMILES string of the molecule is COc1ccc2c(c1)n(C)c(=NNC(=O)c1ccccc1)n2C. The lowest BCUT2D eigenvalue weighted by atomic mass is 10.2. The Morgan fingerprint density at radius 3 is 2.43 bits per heavy atom. The molecule has 3 rings (SSSR count). The van der Waals surface area contributed by atoms with Crippen LogP contribution in [0.2, 0.25) is 0 Å². The Kier molecular flexibility index (Phi) is 3.89. The van der Waals surface area contributed by atoms with Gasteiger partial charge in [-0.2, -0.15) is 0 Å². The molecule has 23 heavy (non-hydrogen) atoms. The molecule has 0 saturated carbocycles. The molecule has 1 amide bonds. The normalized spacial score (nSPS) is 11.7. The number of imidazole rings is 1. The molecule has 0 atom stereocenters. The molecule has 1 heterocycles. The highest BCUT2D eigenvalue weighted by Crippen LogP contribution is 2.18. The monoisotopic (exact) mass is 310 g/mol. The van der Waals surface area contributed by atoms with Crippen LogP contribution >= 0.6 is 0 Å². The van der Waals surface area contributed by atoms with Gasteiger partial charge in [-0.25, -0.2) is 5.43 Å². The van der Waals surface area contributed by atoms with Gasteiger partial charge in [-0.1, -0.05) is 18.2 Å². The number of nitrogens with zero attached hydrogens (tertiary/aromatic N) is 3. The number of aromatic nitrogens is 2. The van der Waals surface area contributed by atoms with Crippen LogP contribution in [0.4, 0.5) is 0 Å². The van der Waals surface area contributed by atoms with Gasteiger partial charge in [0.05, 0.1) is 18.1 Å². The van der Waals surface area contributed by atoms with Gasteiger partial charge in [-0.05, 0) is 24.3 Å². The second kappa shape index (κ2) is 6.00. The summed E-state index contributed by atoms with van der Waals surface area (Å²) in [7, 11) is 5.44. The Labute approximate surface area is 133 Å². The number of carbonyl (C=O) groups excluding carboxylic acids is 1. The fourth-order valence-corrected chi connectivity index (χ4v) is 2.53. The first-order valence-electron chi connectivity index (χ1n) is 7.20. The average Bonchev–Trinajstić information content (AvgIpc) is 2.84. The summed E-state index contributed by atoms with van der Waals surface area (Å²) in [5, 5.41) is 4.26. The van der Waals surface area contributed by atoms with Crippen molar-refractivity contribution in [2.45, 2.75) is 0 Å². The van der Waals surface area contributed by atoms with Gasteiger partial charge in [0.2, 0.25) is 5.62 Å². The molecule has 6 heteroatoms. The third kappa shape index (κ3) is 2.70. The van der Waals surface area contributed by atoms with Crippen molar-refractivity contribution in [2.24, 2.45) is 19.2 Å². The summed E-state index contributed by atoms with van der Waals surface area (Å²) in [5.41, 5.74) is 5.78. The molecule has 0 bridgehead atoms. The molecule has 0 saturated heterocycles. The van der Waals surface area contributed by atoms with E-state index in [1.54, 1.807) is 19.2 Å². The van der Waals surface area contributed by atoms with Crippen LogP contribution in [-0.2, 0) is 14.1 Å². The lowest BCUT2D eigenvalue weighted by Crippen LogP contribution is -2.29. The number of hydrogen-bond acceptors (Lipinski definition) is 3. The fourth-order valence-electron chi connectivity index (χ4n) is 2.53. The summed E-state index contributed by atoms with van der Waals surface area (Å²) in [6.45, 7) is 0. The molecular weight excluding hydrogens is 292 g/mol. The Morgan fingerprint density at radius 1 is 1.04 bits per heavy atom. The number of rotatable bonds is 3. The van der Waals surface area contributed by atoms with Crippen LogP contribution in [-0.4, -0.2) is 22.2 Å². The van der Waals surface area contributed by atoms with Gasteiger partial charge in [-0.3, -0.25) is 4.79 Å². The molecule has 1 N–H and O–H groups in total. The highest BCUT2D eigenvalue weighted by atomic mass is 16.5. The van der Waals surface area contributed by atoms with Crippen LogP contribution in [0.3, 0.4) is 0 Å². The summed E-state index contributed by atoms with van der Waals surface area (Å²) in [6, 6.07) is 14.8. The van der Waals surface area contributed by atoms with E-state index in [9.17, 15) is 4.79 Å². The van der Waals surface area contributed by atoms with Gasteiger partial charge in [0.25, 0.3) is 5.91 Å². The van der Waals surface area contributed by atoms with Gasteiger partial charge in [0, 0.05) is 25.7 Å². The Morgan fingerprint density at radius 2 is 1.74 bits per heavy atom. The summed E-state index contributed by atoms with van der Waals surface area (Å²) >= 11 is 0. The van der Waals surface area contributed by atoms with Gasteiger partial charge < -0.3 is 13.9 Å². The van der Waals surface area contributed by atoms with Gasteiger partial charge >= 0.3 is 0 Å². The lowest BCUT2D eigenvalue weighted by molar-refractivity contribution is 0.0952. The Hall–Kier alpha value is -3.02. The minimum Gasteiger partial charge on any atom is -0.497 e. The zero-order chi connectivity index (χ0) is 16.4. The molecule has 0 aliphatic rings. The summed E-state index contributed by atoms with van der Waals surface area (Å²) in [5.74, 6) is 0.534. The van der Waals surface area contributed by atoms with Crippen molar-refractivity contribution in [3.05, 3.63) is 59.7 Å². The van der Waals surface area contributed by atoms with Crippen LogP contribution in [0.5, 0.6) is 5.75 Å². The van der Waals surface area contributed by atoms with Gasteiger partial charge in [-0.15, -0.1) is 5.10 Å². The van der Waals surface area contributed by atoms with E-state index in [-0.39, 0.29) is 5.91 Å². The Bertz CT molecular complexity index is 923. The number of fused-ring (bicyclic) bond motifs is 1. The number of methoxy groups -OCH3 is 1. The highest BCUT2D eigenvalue weighted by molar-refractivity contribution is 5.93. The topological polar surface area (TPSA) is 60.5 Å². The first-order valence-corrected chi connectivity index (χ1v) is 7.20. The minimum atomic E-state index is -0.242. The highest BCUT2D eigenvalue weighted by Gasteiger charge is 2.08. The Balaban J connectivity index is 2.01. The van der Waals surface area contributed by atoms with E-state index in [0.717, 1.165) is 16.8 Å². The van der Waals surface area contributed by atoms with Crippen molar-refractivity contribution in [3.63, 3.8) is 0 Å². The molecule has 0 fully saturated rings. The summed E-state index contributed by atoms with van der Waals surface area (Å²) in [6.07, 6.45) is 0. The standard InChI is InChI=1S/C17H18N4O2/c1-20-14-10-9-13(23-3)11-15(14)21(2)17(20)19-18-16(22)12-7-5-4-6-8-12/h4-11H,1-3H3,(H,18,22). The van der Waals surface area contributed by atoms with Crippen molar-refractivity contribution in [1.29, 1.82) is 0 Å². The molecule has 3 aromatic rings. The van der Waals surface area contributed by atoms with E-state index >= 15 is 0 Å². The number of benzene rings is 2. The quantitative estimate of drug-likeness (QED) is 0.750. The minimum absolute atomic E-state index is 0.242. The summed E-state index contributed by atoms with van der Waals surface area (Å²) in [4.78, 5) is 12.1. The maximum atomic E-state index is 12.1. The molecule has 0 unspecified atom stereocenters. The molecule has 0 spiro atoms. The molecular formula is C17H18N4O2. The second-order valence-electron chi connectivity index (χ2n) is 5.19. The molecule has 0 radical (unpaired) electrons. The van der Waals surface area contributed by atoms with E-state index in [4.69, 9.17) is 4.74 Å². The van der Waals surface area contributed by atoms with Crippen LogP contribution in [0.15, 0.2) is 53.6 Å². The maximum Gasteiger partial charge on any atom is 0.271 e. The largest absolute Gasteiger partial charge is 0.497 e. The lowest BCUT2D eigenvalue weighted by Gasteiger charge is -2.00. The first-order chi connectivity index (χ1) is 11.1. The van der Waals surface area contributed by atoms with E-state index in [0.29, 0.717) is 11.2 Å². The molecule has 1 aromatic heterocycles. The van der Waals surface area contributed by atoms with Crippen molar-refractivity contribution < 1.29 is 9.53 Å². The fraction of sp³-hybridized carbons (Fsp3) is 0.176. The number of hydrogen-bond donors (Lipinski definition) is 1. The third-order valence-electron chi connectivity index (χ3n) is 3.80. The van der Waals surface area contributed by atoms with E-state index in [2.05, 4.69) is 10.5 Å². The van der Waals surface area contributed by atoms with E-state index in [1.807, 2.05) is 59.6 Å². The van der Waals surface area contributed by atoms with Gasteiger partial charge in [0.15, 0.2) is 0 Å². The van der Waals surface area contributed by atoms with Crippen LogP contribution in [0.1, 0.15) is 10.4 Å². The number of amides is 1. The predicted octanol–water partition coefficient (Wildman–Crippen LogP) is 1.77. The molecule has 118 valence electrons. The first kappa shape index (κ1) is 14.9. The average molecular weight is 310 g/mol. The van der Waals surface area contributed by atoms with Crippen molar-refractivity contribution in [2.75, 3.05) is 7.11 Å². The smallest absolute Gasteiger partial charge is 0.271 e. The van der Waals surface area contributed by atoms with Crippen LogP contribution in [0, 0.1) is 0 Å². The molecule has 0 aliphatic carbocycles. The van der Waals surface area contributed by atoms with Crippen molar-refractivity contribution >= 4 is 16.9 Å². The second-order valence-corrected chi connectivity index (χ2v) is 5.19.